The molecule has 2 aromatic carbocycles. The number of rotatable bonds is 8. The van der Waals surface area contributed by atoms with Crippen LogP contribution in [0.4, 0.5) is 0 Å². The molecule has 1 saturated heterocycles. The summed E-state index contributed by atoms with van der Waals surface area (Å²) >= 11 is 0. The predicted molar refractivity (Wildman–Crippen MR) is 122 cm³/mol. The van der Waals surface area contributed by atoms with Gasteiger partial charge in [-0.05, 0) is 41.8 Å². The number of methoxy groups -OCH3 is 1. The van der Waals surface area contributed by atoms with E-state index >= 15 is 0 Å². The molecular weight excluding hydrogens is 424 g/mol. The zero-order valence-corrected chi connectivity index (χ0v) is 19.0. The van der Waals surface area contributed by atoms with Gasteiger partial charge in [-0.3, -0.25) is 14.5 Å². The molecule has 2 heterocycles. The van der Waals surface area contributed by atoms with Gasteiger partial charge in [-0.2, -0.15) is 0 Å². The minimum absolute atomic E-state index is 0.0523. The third kappa shape index (κ3) is 5.06. The standard InChI is InChI=1S/C25H30N2O6/c1-3-10-26-23(28)14-27-12-19(16-4-7-18(31-2)8-5-16)24(25(29)30)20(13-27)17-6-9-21-22(11-17)33-15-32-21/h4-9,11,19-20,24H,3,10,12-15H2,1-2H3,(H,26,28)(H,29,30). The van der Waals surface area contributed by atoms with Crippen molar-refractivity contribution < 1.29 is 28.9 Å². The summed E-state index contributed by atoms with van der Waals surface area (Å²) in [7, 11) is 1.60. The summed E-state index contributed by atoms with van der Waals surface area (Å²) < 4.78 is 16.2. The van der Waals surface area contributed by atoms with Gasteiger partial charge in [0.2, 0.25) is 12.7 Å². The number of piperidine rings is 1. The van der Waals surface area contributed by atoms with Gasteiger partial charge in [-0.25, -0.2) is 0 Å². The number of fused-ring (bicyclic) bond motifs is 1. The number of likely N-dealkylation sites (tertiary alicyclic amines) is 1. The summed E-state index contributed by atoms with van der Waals surface area (Å²) in [4.78, 5) is 27.1. The number of benzene rings is 2. The molecule has 0 aliphatic carbocycles. The largest absolute Gasteiger partial charge is 0.497 e. The molecule has 0 aromatic heterocycles. The van der Waals surface area contributed by atoms with Gasteiger partial charge >= 0.3 is 5.97 Å². The number of carboxylic acids is 1. The molecule has 8 heteroatoms. The van der Waals surface area contributed by atoms with Crippen molar-refractivity contribution in [1.82, 2.24) is 10.2 Å². The van der Waals surface area contributed by atoms with E-state index in [9.17, 15) is 14.7 Å². The third-order valence-electron chi connectivity index (χ3n) is 6.37. The predicted octanol–water partition coefficient (Wildman–Crippen LogP) is 2.83. The maximum Gasteiger partial charge on any atom is 0.307 e. The van der Waals surface area contributed by atoms with Crippen LogP contribution in [0.1, 0.15) is 36.3 Å². The Kier molecular flexibility index (Phi) is 7.03. The Morgan fingerprint density at radius 2 is 1.73 bits per heavy atom. The lowest BCUT2D eigenvalue weighted by Crippen LogP contribution is -2.49. The highest BCUT2D eigenvalue weighted by molar-refractivity contribution is 5.78. The van der Waals surface area contributed by atoms with E-state index in [0.29, 0.717) is 36.9 Å². The molecule has 0 radical (unpaired) electrons. The summed E-state index contributed by atoms with van der Waals surface area (Å²) in [6.45, 7) is 3.95. The maximum atomic E-state index is 12.6. The SMILES string of the molecule is CCCNC(=O)CN1CC(c2ccc(OC)cc2)C(C(=O)O)C(c2ccc3c(c2)OCO3)C1. The number of carboxylic acid groups (broad SMARTS) is 1. The first-order chi connectivity index (χ1) is 16.0. The van der Waals surface area contributed by atoms with Crippen LogP contribution in [0.5, 0.6) is 17.2 Å². The van der Waals surface area contributed by atoms with Crippen LogP contribution in [-0.4, -0.2) is 62.0 Å². The molecule has 0 bridgehead atoms. The van der Waals surface area contributed by atoms with Crippen molar-refractivity contribution in [2.75, 3.05) is 40.1 Å². The molecule has 1 amide bonds. The number of hydrogen-bond donors (Lipinski definition) is 2. The fraction of sp³-hybridized carbons (Fsp3) is 0.440. The van der Waals surface area contributed by atoms with Gasteiger partial charge in [0.15, 0.2) is 11.5 Å². The first-order valence-electron chi connectivity index (χ1n) is 11.3. The quantitative estimate of drug-likeness (QED) is 0.633. The molecular formula is C25H30N2O6. The highest BCUT2D eigenvalue weighted by Gasteiger charge is 2.43. The van der Waals surface area contributed by atoms with Crippen molar-refractivity contribution in [2.45, 2.75) is 25.2 Å². The Bertz CT molecular complexity index is 993. The number of aliphatic carboxylic acids is 1. The molecule has 2 aliphatic rings. The number of ether oxygens (including phenoxy) is 3. The highest BCUT2D eigenvalue weighted by atomic mass is 16.7. The summed E-state index contributed by atoms with van der Waals surface area (Å²) in [6, 6.07) is 13.1. The summed E-state index contributed by atoms with van der Waals surface area (Å²) in [5.41, 5.74) is 1.77. The minimum Gasteiger partial charge on any atom is -0.497 e. The van der Waals surface area contributed by atoms with Crippen LogP contribution >= 0.6 is 0 Å². The van der Waals surface area contributed by atoms with E-state index in [-0.39, 0.29) is 31.1 Å². The van der Waals surface area contributed by atoms with Gasteiger partial charge in [-0.15, -0.1) is 0 Å². The van der Waals surface area contributed by atoms with Gasteiger partial charge in [0.05, 0.1) is 19.6 Å². The van der Waals surface area contributed by atoms with Crippen molar-refractivity contribution >= 4 is 11.9 Å². The first kappa shape index (κ1) is 22.9. The smallest absolute Gasteiger partial charge is 0.307 e. The summed E-state index contributed by atoms with van der Waals surface area (Å²) in [5.74, 6) is -0.192. The Hall–Kier alpha value is -3.26. The van der Waals surface area contributed by atoms with Crippen LogP contribution in [0.25, 0.3) is 0 Å². The first-order valence-corrected chi connectivity index (χ1v) is 11.3. The van der Waals surface area contributed by atoms with Crippen LogP contribution in [-0.2, 0) is 9.59 Å². The second-order valence-corrected chi connectivity index (χ2v) is 8.51. The third-order valence-corrected chi connectivity index (χ3v) is 6.37. The number of carbonyl (C=O) groups is 2. The zero-order valence-electron chi connectivity index (χ0n) is 19.0. The number of amides is 1. The van der Waals surface area contributed by atoms with E-state index in [1.165, 1.54) is 0 Å². The Balaban J connectivity index is 1.68. The van der Waals surface area contributed by atoms with Crippen molar-refractivity contribution in [3.63, 3.8) is 0 Å². The minimum atomic E-state index is -0.853. The van der Waals surface area contributed by atoms with Gasteiger partial charge in [-0.1, -0.05) is 25.1 Å². The number of nitrogens with zero attached hydrogens (tertiary/aromatic N) is 1. The molecule has 0 saturated carbocycles. The fourth-order valence-electron chi connectivity index (χ4n) is 4.76. The van der Waals surface area contributed by atoms with E-state index in [2.05, 4.69) is 10.2 Å². The molecule has 3 unspecified atom stereocenters. The van der Waals surface area contributed by atoms with Crippen molar-refractivity contribution in [3.05, 3.63) is 53.6 Å². The van der Waals surface area contributed by atoms with E-state index in [1.54, 1.807) is 7.11 Å². The lowest BCUT2D eigenvalue weighted by Gasteiger charge is -2.42. The number of carbonyl (C=O) groups excluding carboxylic acids is 1. The van der Waals surface area contributed by atoms with E-state index < -0.39 is 11.9 Å². The van der Waals surface area contributed by atoms with Crippen molar-refractivity contribution in [1.29, 1.82) is 0 Å². The molecule has 3 atom stereocenters. The van der Waals surface area contributed by atoms with Crippen LogP contribution in [0.3, 0.4) is 0 Å². The molecule has 2 aromatic rings. The lowest BCUT2D eigenvalue weighted by molar-refractivity contribution is -0.145. The Labute approximate surface area is 193 Å². The molecule has 1 fully saturated rings. The van der Waals surface area contributed by atoms with E-state index in [1.807, 2.05) is 49.4 Å². The van der Waals surface area contributed by atoms with Gasteiger partial charge < -0.3 is 24.6 Å². The summed E-state index contributed by atoms with van der Waals surface area (Å²) in [6.07, 6.45) is 0.862. The normalized spacial score (nSPS) is 22.1. The van der Waals surface area contributed by atoms with Gasteiger partial charge in [0, 0.05) is 31.5 Å². The molecule has 2 N–H and O–H groups in total. The number of hydrogen-bond acceptors (Lipinski definition) is 6. The second kappa shape index (κ2) is 10.1. The second-order valence-electron chi connectivity index (χ2n) is 8.51. The van der Waals surface area contributed by atoms with Crippen molar-refractivity contribution in [2.24, 2.45) is 5.92 Å². The van der Waals surface area contributed by atoms with Crippen LogP contribution in [0.15, 0.2) is 42.5 Å². The zero-order chi connectivity index (χ0) is 23.4. The Morgan fingerprint density at radius 3 is 2.39 bits per heavy atom. The molecule has 0 spiro atoms. The van der Waals surface area contributed by atoms with E-state index in [4.69, 9.17) is 14.2 Å². The van der Waals surface area contributed by atoms with Gasteiger partial charge in [0.1, 0.15) is 5.75 Å². The molecule has 176 valence electrons. The fourth-order valence-corrected chi connectivity index (χ4v) is 4.76. The molecule has 4 rings (SSSR count). The van der Waals surface area contributed by atoms with Crippen LogP contribution < -0.4 is 19.5 Å². The highest BCUT2D eigenvalue weighted by Crippen LogP contribution is 2.44. The summed E-state index contributed by atoms with van der Waals surface area (Å²) in [5, 5.41) is 13.2. The Morgan fingerprint density at radius 1 is 1.06 bits per heavy atom. The van der Waals surface area contributed by atoms with Crippen LogP contribution in [0, 0.1) is 5.92 Å². The van der Waals surface area contributed by atoms with Gasteiger partial charge in [0.25, 0.3) is 0 Å². The van der Waals surface area contributed by atoms with E-state index in [0.717, 1.165) is 17.5 Å². The monoisotopic (exact) mass is 454 g/mol. The molecule has 33 heavy (non-hydrogen) atoms. The number of nitrogens with one attached hydrogen (secondary N) is 1. The molecule has 2 aliphatic heterocycles. The van der Waals surface area contributed by atoms with Crippen LogP contribution in [0.2, 0.25) is 0 Å². The average Bonchev–Trinajstić information content (AvgIpc) is 3.30. The maximum absolute atomic E-state index is 12.6. The topological polar surface area (TPSA) is 97.3 Å². The molecule has 8 nitrogen and oxygen atoms in total. The van der Waals surface area contributed by atoms with Crippen molar-refractivity contribution in [3.8, 4) is 17.2 Å². The average molecular weight is 455 g/mol. The lowest BCUT2D eigenvalue weighted by atomic mass is 9.71.